The van der Waals surface area contributed by atoms with Gasteiger partial charge in [-0.3, -0.25) is 19.9 Å². The summed E-state index contributed by atoms with van der Waals surface area (Å²) < 4.78 is 21.9. The van der Waals surface area contributed by atoms with E-state index in [-0.39, 0.29) is 42.3 Å². The molecule has 4 rings (SSSR count). The first kappa shape index (κ1) is 28.2. The van der Waals surface area contributed by atoms with Crippen molar-refractivity contribution in [2.45, 2.75) is 33.6 Å². The van der Waals surface area contributed by atoms with Crippen LogP contribution in [0.1, 0.15) is 37.8 Å². The Bertz CT molecular complexity index is 1600. The topological polar surface area (TPSA) is 148 Å². The lowest BCUT2D eigenvalue weighted by molar-refractivity contribution is -0.385. The second kappa shape index (κ2) is 11.9. The maximum Gasteiger partial charge on any atom is 0.336 e. The summed E-state index contributed by atoms with van der Waals surface area (Å²) in [6.45, 7) is 6.51. The highest BCUT2D eigenvalue weighted by molar-refractivity contribution is 6.07. The van der Waals surface area contributed by atoms with Gasteiger partial charge in [-0.2, -0.15) is 0 Å². The van der Waals surface area contributed by atoms with E-state index in [0.29, 0.717) is 17.0 Å². The molecule has 1 aromatic heterocycles. The number of fused-ring (bicyclic) bond motifs is 1. The Balaban J connectivity index is 1.85. The number of benzene rings is 2. The third kappa shape index (κ3) is 5.63. The average Bonchev–Trinajstić information content (AvgIpc) is 2.91. The summed E-state index contributed by atoms with van der Waals surface area (Å²) in [6.07, 6.45) is 0. The molecule has 0 saturated heterocycles. The van der Waals surface area contributed by atoms with E-state index in [0.717, 1.165) is 10.9 Å². The summed E-state index contributed by atoms with van der Waals surface area (Å²) in [5.41, 5.74) is 0.850. The standard InChI is InChI=1S/C29H28N2O9/c1-5-37-28(33)25-17(4)30-21(15-39-18-11-12-19-16(3)13-24(32)40-23(19)14-18)27(29(34)38-6-2)26(25)20-9-7-8-10-22(20)31(35)36/h7-14,25-26H,5-6,15H2,1-4H3. The molecule has 40 heavy (non-hydrogen) atoms. The van der Waals surface area contributed by atoms with Gasteiger partial charge in [-0.25, -0.2) is 9.59 Å². The molecule has 2 aromatic carbocycles. The monoisotopic (exact) mass is 548 g/mol. The number of carbonyl (C=O) groups is 2. The van der Waals surface area contributed by atoms with Gasteiger partial charge in [0.05, 0.1) is 29.4 Å². The Morgan fingerprint density at radius 3 is 2.48 bits per heavy atom. The van der Waals surface area contributed by atoms with Crippen molar-refractivity contribution >= 4 is 34.3 Å². The number of rotatable bonds is 9. The molecule has 208 valence electrons. The molecule has 2 heterocycles. The van der Waals surface area contributed by atoms with Crippen LogP contribution in [0.4, 0.5) is 5.69 Å². The van der Waals surface area contributed by atoms with Gasteiger partial charge >= 0.3 is 17.6 Å². The Morgan fingerprint density at radius 1 is 1.05 bits per heavy atom. The number of nitro benzene ring substituents is 1. The smallest absolute Gasteiger partial charge is 0.336 e. The van der Waals surface area contributed by atoms with Gasteiger partial charge in [0.15, 0.2) is 0 Å². The minimum absolute atomic E-state index is 0.0237. The van der Waals surface area contributed by atoms with Crippen LogP contribution in [0.5, 0.6) is 5.75 Å². The first-order chi connectivity index (χ1) is 19.2. The number of esters is 2. The second-order valence-corrected chi connectivity index (χ2v) is 9.05. The molecule has 0 fully saturated rings. The van der Waals surface area contributed by atoms with Gasteiger partial charge in [0.1, 0.15) is 23.9 Å². The van der Waals surface area contributed by atoms with Crippen molar-refractivity contribution in [1.29, 1.82) is 0 Å². The Hall–Kier alpha value is -4.80. The lowest BCUT2D eigenvalue weighted by Crippen LogP contribution is -2.37. The van der Waals surface area contributed by atoms with Gasteiger partial charge in [-0.1, -0.05) is 18.2 Å². The Kier molecular flexibility index (Phi) is 8.42. The van der Waals surface area contributed by atoms with E-state index in [2.05, 4.69) is 4.99 Å². The zero-order valence-electron chi connectivity index (χ0n) is 22.5. The maximum absolute atomic E-state index is 13.4. The third-order valence-electron chi connectivity index (χ3n) is 6.52. The van der Waals surface area contributed by atoms with Crippen molar-refractivity contribution < 1.29 is 33.1 Å². The number of nitrogens with zero attached hydrogens (tertiary/aromatic N) is 2. The van der Waals surface area contributed by atoms with Crippen LogP contribution in [0, 0.1) is 23.0 Å². The first-order valence-electron chi connectivity index (χ1n) is 12.7. The summed E-state index contributed by atoms with van der Waals surface area (Å²) in [5, 5.41) is 12.7. The molecule has 0 amide bonds. The number of hydrogen-bond donors (Lipinski definition) is 0. The average molecular weight is 549 g/mol. The highest BCUT2D eigenvalue weighted by Gasteiger charge is 2.45. The van der Waals surface area contributed by atoms with E-state index in [4.69, 9.17) is 18.6 Å². The molecule has 11 nitrogen and oxygen atoms in total. The fourth-order valence-electron chi connectivity index (χ4n) is 4.83. The number of aliphatic imine (C=N–C) groups is 1. The maximum atomic E-state index is 13.4. The van der Waals surface area contributed by atoms with E-state index in [9.17, 15) is 24.5 Å². The summed E-state index contributed by atoms with van der Waals surface area (Å²) >= 11 is 0. The van der Waals surface area contributed by atoms with E-state index in [1.165, 1.54) is 24.3 Å². The lowest BCUT2D eigenvalue weighted by Gasteiger charge is -2.31. The predicted octanol–water partition coefficient (Wildman–Crippen LogP) is 4.64. The van der Waals surface area contributed by atoms with Crippen molar-refractivity contribution in [3.63, 3.8) is 0 Å². The quantitative estimate of drug-likeness (QED) is 0.161. The van der Waals surface area contributed by atoms with E-state index in [1.54, 1.807) is 52.0 Å². The number of ether oxygens (including phenoxy) is 3. The fraction of sp³-hybridized carbons (Fsp3) is 0.310. The number of para-hydroxylation sites is 1. The van der Waals surface area contributed by atoms with E-state index < -0.39 is 34.3 Å². The zero-order valence-corrected chi connectivity index (χ0v) is 22.5. The van der Waals surface area contributed by atoms with Gasteiger partial charge in [0.2, 0.25) is 0 Å². The van der Waals surface area contributed by atoms with Crippen LogP contribution in [-0.4, -0.2) is 42.4 Å². The molecule has 1 aliphatic heterocycles. The molecule has 0 N–H and O–H groups in total. The van der Waals surface area contributed by atoms with Gasteiger partial charge < -0.3 is 18.6 Å². The summed E-state index contributed by atoms with van der Waals surface area (Å²) in [7, 11) is 0. The van der Waals surface area contributed by atoms with Crippen LogP contribution >= 0.6 is 0 Å². The molecular weight excluding hydrogens is 520 g/mol. The van der Waals surface area contributed by atoms with Crippen LogP contribution in [0.2, 0.25) is 0 Å². The summed E-state index contributed by atoms with van der Waals surface area (Å²) in [6, 6.07) is 12.3. The molecular formula is C29H28N2O9. The molecule has 0 radical (unpaired) electrons. The summed E-state index contributed by atoms with van der Waals surface area (Å²) in [5.74, 6) is -3.35. The van der Waals surface area contributed by atoms with Crippen molar-refractivity contribution in [1.82, 2.24) is 0 Å². The molecule has 0 aliphatic carbocycles. The SMILES string of the molecule is CCOC(=O)C1=C(COc2ccc3c(C)cc(=O)oc3c2)N=C(C)C(C(=O)OCC)C1c1ccccc1[N+](=O)[O-]. The van der Waals surface area contributed by atoms with Crippen molar-refractivity contribution in [2.75, 3.05) is 19.8 Å². The minimum atomic E-state index is -1.12. The molecule has 11 heteroatoms. The van der Waals surface area contributed by atoms with E-state index >= 15 is 0 Å². The highest BCUT2D eigenvalue weighted by atomic mass is 16.6. The number of carbonyl (C=O) groups excluding carboxylic acids is 2. The lowest BCUT2D eigenvalue weighted by atomic mass is 9.75. The van der Waals surface area contributed by atoms with Crippen molar-refractivity contribution in [3.05, 3.63) is 91.5 Å². The second-order valence-electron chi connectivity index (χ2n) is 9.05. The van der Waals surface area contributed by atoms with Gasteiger partial charge in [-0.15, -0.1) is 0 Å². The Labute approximate surface area is 229 Å². The van der Waals surface area contributed by atoms with E-state index in [1.807, 2.05) is 0 Å². The van der Waals surface area contributed by atoms with Crippen LogP contribution in [0.3, 0.4) is 0 Å². The van der Waals surface area contributed by atoms with Crippen molar-refractivity contribution in [3.8, 4) is 5.75 Å². The highest BCUT2D eigenvalue weighted by Crippen LogP contribution is 2.43. The molecule has 2 unspecified atom stereocenters. The first-order valence-corrected chi connectivity index (χ1v) is 12.7. The van der Waals surface area contributed by atoms with Crippen LogP contribution < -0.4 is 10.4 Å². The normalized spacial score (nSPS) is 16.9. The molecule has 0 spiro atoms. The number of nitro groups is 1. The number of hydrogen-bond acceptors (Lipinski definition) is 10. The molecule has 0 bridgehead atoms. The molecule has 3 aromatic rings. The predicted molar refractivity (Wildman–Crippen MR) is 145 cm³/mol. The third-order valence-corrected chi connectivity index (χ3v) is 6.52. The van der Waals surface area contributed by atoms with Crippen LogP contribution in [0.25, 0.3) is 11.0 Å². The minimum Gasteiger partial charge on any atom is -0.487 e. The van der Waals surface area contributed by atoms with Gasteiger partial charge in [-0.05, 0) is 45.4 Å². The fourth-order valence-corrected chi connectivity index (χ4v) is 4.83. The Morgan fingerprint density at radius 2 is 1.77 bits per heavy atom. The molecule has 1 aliphatic rings. The van der Waals surface area contributed by atoms with Gasteiger partial charge in [0.25, 0.3) is 5.69 Å². The number of aryl methyl sites for hydroxylation is 1. The van der Waals surface area contributed by atoms with Crippen LogP contribution in [0.15, 0.2) is 74.0 Å². The van der Waals surface area contributed by atoms with Crippen molar-refractivity contribution in [2.24, 2.45) is 10.9 Å². The molecule has 0 saturated carbocycles. The van der Waals surface area contributed by atoms with Crippen LogP contribution in [-0.2, 0) is 19.1 Å². The zero-order chi connectivity index (χ0) is 29.0. The van der Waals surface area contributed by atoms with Gasteiger partial charge in [0, 0.05) is 40.8 Å². The largest absolute Gasteiger partial charge is 0.487 e. The molecule has 2 atom stereocenters. The summed E-state index contributed by atoms with van der Waals surface area (Å²) in [4.78, 5) is 54.3.